The number of hydrogen-bond donors (Lipinski definition) is 2. The van der Waals surface area contributed by atoms with Gasteiger partial charge in [-0.1, -0.05) is 20.8 Å². The average Bonchev–Trinajstić information content (AvgIpc) is 2.26. The van der Waals surface area contributed by atoms with Crippen molar-refractivity contribution in [3.05, 3.63) is 0 Å². The fourth-order valence-electron chi connectivity index (χ4n) is 1.26. The van der Waals surface area contributed by atoms with Gasteiger partial charge in [-0.25, -0.2) is 0 Å². The van der Waals surface area contributed by atoms with Crippen molar-refractivity contribution in [2.45, 2.75) is 32.4 Å². The molecule has 94 valence electrons. The molecule has 0 aromatic rings. The zero-order valence-corrected chi connectivity index (χ0v) is 11.4. The van der Waals surface area contributed by atoms with Gasteiger partial charge in [-0.2, -0.15) is 12.6 Å². The third-order valence-corrected chi connectivity index (χ3v) is 3.12. The van der Waals surface area contributed by atoms with E-state index in [1.54, 1.807) is 11.9 Å². The first kappa shape index (κ1) is 15.3. The number of carbonyl (C=O) groups excluding carboxylic acids is 2. The molecule has 0 aliphatic heterocycles. The third kappa shape index (κ3) is 4.88. The second kappa shape index (κ2) is 7.54. The summed E-state index contributed by atoms with van der Waals surface area (Å²) in [6.45, 7) is 6.58. The first-order valence-corrected chi connectivity index (χ1v) is 6.13. The number of carbonyl (C=O) groups is 2. The number of amides is 2. The zero-order chi connectivity index (χ0) is 12.7. The number of nitrogens with zero attached hydrogens (tertiary/aromatic N) is 1. The summed E-state index contributed by atoms with van der Waals surface area (Å²) in [6, 6.07) is 0. The van der Waals surface area contributed by atoms with E-state index in [1.165, 1.54) is 0 Å². The Morgan fingerprint density at radius 1 is 1.38 bits per heavy atom. The molecule has 0 aromatic heterocycles. The lowest BCUT2D eigenvalue weighted by Gasteiger charge is -2.25. The van der Waals surface area contributed by atoms with E-state index in [2.05, 4.69) is 17.9 Å². The number of nitrogens with one attached hydrogen (secondary N) is 1. The molecule has 1 unspecified atom stereocenters. The molecule has 1 atom stereocenters. The summed E-state index contributed by atoms with van der Waals surface area (Å²) >= 11 is 4.28. The summed E-state index contributed by atoms with van der Waals surface area (Å²) < 4.78 is 0. The van der Waals surface area contributed by atoms with Crippen LogP contribution in [0.2, 0.25) is 0 Å². The molecule has 1 N–H and O–H groups in total. The molecule has 4 nitrogen and oxygen atoms in total. The van der Waals surface area contributed by atoms with Crippen molar-refractivity contribution in [1.29, 1.82) is 0 Å². The first-order valence-electron chi connectivity index (χ1n) is 5.61. The van der Waals surface area contributed by atoms with E-state index in [-0.39, 0.29) is 29.5 Å². The van der Waals surface area contributed by atoms with Crippen molar-refractivity contribution >= 4 is 24.4 Å². The molecule has 0 aliphatic rings. The maximum atomic E-state index is 12.0. The quantitative estimate of drug-likeness (QED) is 0.685. The Bertz CT molecular complexity index is 244. The van der Waals surface area contributed by atoms with Crippen LogP contribution in [-0.2, 0) is 9.59 Å². The van der Waals surface area contributed by atoms with E-state index in [4.69, 9.17) is 0 Å². The normalized spacial score (nSPS) is 12.4. The fraction of sp³-hybridized carbons (Fsp3) is 0.818. The van der Waals surface area contributed by atoms with Gasteiger partial charge >= 0.3 is 0 Å². The van der Waals surface area contributed by atoms with E-state index in [0.717, 1.165) is 6.42 Å². The van der Waals surface area contributed by atoms with Gasteiger partial charge in [0.25, 0.3) is 0 Å². The van der Waals surface area contributed by atoms with Gasteiger partial charge in [0.15, 0.2) is 0 Å². The largest absolute Gasteiger partial charge is 0.358 e. The molecule has 0 radical (unpaired) electrons. The predicted molar refractivity (Wildman–Crippen MR) is 68.5 cm³/mol. The van der Waals surface area contributed by atoms with E-state index in [1.807, 2.05) is 20.8 Å². The number of rotatable bonds is 6. The van der Waals surface area contributed by atoms with E-state index in [9.17, 15) is 9.59 Å². The molecule has 0 bridgehead atoms. The van der Waals surface area contributed by atoms with Gasteiger partial charge in [-0.3, -0.25) is 9.59 Å². The summed E-state index contributed by atoms with van der Waals surface area (Å²) in [6.07, 6.45) is 0.835. The lowest BCUT2D eigenvalue weighted by molar-refractivity contribution is -0.136. The second-order valence-corrected chi connectivity index (χ2v) is 4.68. The highest BCUT2D eigenvalue weighted by Gasteiger charge is 2.24. The van der Waals surface area contributed by atoms with Gasteiger partial charge in [0.2, 0.25) is 11.8 Å². The first-order chi connectivity index (χ1) is 7.43. The van der Waals surface area contributed by atoms with Gasteiger partial charge in [-0.05, 0) is 12.3 Å². The highest BCUT2D eigenvalue weighted by Crippen LogP contribution is 2.12. The lowest BCUT2D eigenvalue weighted by atomic mass is 10.1. The molecule has 0 aromatic carbocycles. The van der Waals surface area contributed by atoms with Crippen LogP contribution in [0.4, 0.5) is 0 Å². The minimum Gasteiger partial charge on any atom is -0.358 e. The van der Waals surface area contributed by atoms with E-state index < -0.39 is 0 Å². The van der Waals surface area contributed by atoms with Crippen molar-refractivity contribution in [3.63, 3.8) is 0 Å². The Morgan fingerprint density at radius 2 is 1.94 bits per heavy atom. The zero-order valence-electron chi connectivity index (χ0n) is 10.5. The predicted octanol–water partition coefficient (Wildman–Crippen LogP) is 0.925. The third-order valence-electron chi connectivity index (χ3n) is 2.30. The average molecular weight is 246 g/mol. The van der Waals surface area contributed by atoms with Gasteiger partial charge in [0.05, 0.1) is 11.8 Å². The van der Waals surface area contributed by atoms with Crippen LogP contribution in [0.15, 0.2) is 0 Å². The van der Waals surface area contributed by atoms with Crippen LogP contribution in [0.3, 0.4) is 0 Å². The molecular weight excluding hydrogens is 224 g/mol. The molecule has 0 rings (SSSR count). The maximum absolute atomic E-state index is 12.0. The van der Waals surface area contributed by atoms with Crippen molar-refractivity contribution < 1.29 is 9.59 Å². The van der Waals surface area contributed by atoms with E-state index in [0.29, 0.717) is 6.54 Å². The molecule has 0 fully saturated rings. The van der Waals surface area contributed by atoms with Gasteiger partial charge in [0, 0.05) is 13.6 Å². The number of thiol groups is 1. The Morgan fingerprint density at radius 3 is 2.31 bits per heavy atom. The summed E-state index contributed by atoms with van der Waals surface area (Å²) in [5.41, 5.74) is 0. The Labute approximate surface area is 103 Å². The fourth-order valence-corrected chi connectivity index (χ4v) is 1.43. The highest BCUT2D eigenvalue weighted by atomic mass is 32.1. The minimum absolute atomic E-state index is 0.0659. The molecule has 0 saturated carbocycles. The van der Waals surface area contributed by atoms with Crippen molar-refractivity contribution in [1.82, 2.24) is 10.2 Å². The molecular formula is C11H22N2O2S. The molecule has 2 amide bonds. The molecule has 5 heteroatoms. The number of likely N-dealkylation sites (N-methyl/N-ethyl adjacent to an activating group) is 1. The summed E-state index contributed by atoms with van der Waals surface area (Å²) in [7, 11) is 1.57. The SMILES string of the molecule is CCCN(CC(=O)NC)C(=O)C(S)C(C)C. The molecule has 16 heavy (non-hydrogen) atoms. The van der Waals surface area contributed by atoms with E-state index >= 15 is 0 Å². The smallest absolute Gasteiger partial charge is 0.239 e. The molecule has 0 aliphatic carbocycles. The summed E-state index contributed by atoms with van der Waals surface area (Å²) in [4.78, 5) is 24.8. The Balaban J connectivity index is 4.51. The van der Waals surface area contributed by atoms with Crippen molar-refractivity contribution in [3.8, 4) is 0 Å². The van der Waals surface area contributed by atoms with Gasteiger partial charge in [0.1, 0.15) is 0 Å². The van der Waals surface area contributed by atoms with Crippen LogP contribution in [0, 0.1) is 5.92 Å². The molecule has 0 heterocycles. The standard InChI is InChI=1S/C11H22N2O2S/c1-5-6-13(7-9(14)12-4)11(15)10(16)8(2)3/h8,10,16H,5-7H2,1-4H3,(H,12,14). The Hall–Kier alpha value is -0.710. The van der Waals surface area contributed by atoms with Crippen molar-refractivity contribution in [2.24, 2.45) is 5.92 Å². The second-order valence-electron chi connectivity index (χ2n) is 4.12. The highest BCUT2D eigenvalue weighted by molar-refractivity contribution is 7.81. The summed E-state index contributed by atoms with van der Waals surface area (Å²) in [5.74, 6) is -0.0465. The molecule has 0 spiro atoms. The van der Waals surface area contributed by atoms with Crippen LogP contribution < -0.4 is 5.32 Å². The minimum atomic E-state index is -0.337. The monoisotopic (exact) mass is 246 g/mol. The van der Waals surface area contributed by atoms with Crippen LogP contribution in [0.25, 0.3) is 0 Å². The van der Waals surface area contributed by atoms with Crippen LogP contribution in [0.5, 0.6) is 0 Å². The summed E-state index contributed by atoms with van der Waals surface area (Å²) in [5, 5.41) is 2.18. The van der Waals surface area contributed by atoms with Gasteiger partial charge < -0.3 is 10.2 Å². The maximum Gasteiger partial charge on any atom is 0.239 e. The Kier molecular flexibility index (Phi) is 7.21. The van der Waals surface area contributed by atoms with Crippen LogP contribution in [0.1, 0.15) is 27.2 Å². The van der Waals surface area contributed by atoms with Gasteiger partial charge in [-0.15, -0.1) is 0 Å². The molecule has 0 saturated heterocycles. The number of hydrogen-bond acceptors (Lipinski definition) is 3. The van der Waals surface area contributed by atoms with Crippen LogP contribution >= 0.6 is 12.6 Å². The lowest BCUT2D eigenvalue weighted by Crippen LogP contribution is -2.44. The topological polar surface area (TPSA) is 49.4 Å². The van der Waals surface area contributed by atoms with Crippen molar-refractivity contribution in [2.75, 3.05) is 20.1 Å². The van der Waals surface area contributed by atoms with Crippen LogP contribution in [-0.4, -0.2) is 42.1 Å².